The molecule has 0 radical (unpaired) electrons. The highest BCUT2D eigenvalue weighted by atomic mass is 79.9. The Kier molecular flexibility index (Phi) is 4.77. The van der Waals surface area contributed by atoms with Crippen LogP contribution in [0, 0.1) is 6.92 Å². The SMILES string of the molecule is CCn1nc(C)cc1CC(CO)c1ccc(Br)cc1. The lowest BCUT2D eigenvalue weighted by Gasteiger charge is -2.15. The van der Waals surface area contributed by atoms with Gasteiger partial charge in [0.15, 0.2) is 0 Å². The molecule has 3 nitrogen and oxygen atoms in total. The summed E-state index contributed by atoms with van der Waals surface area (Å²) in [5, 5.41) is 14.1. The highest BCUT2D eigenvalue weighted by Crippen LogP contribution is 2.23. The fourth-order valence-corrected chi connectivity index (χ4v) is 2.58. The molecule has 1 aromatic carbocycles. The van der Waals surface area contributed by atoms with Gasteiger partial charge in [0.1, 0.15) is 0 Å². The van der Waals surface area contributed by atoms with Crippen molar-refractivity contribution >= 4 is 15.9 Å². The molecule has 2 aromatic rings. The quantitative estimate of drug-likeness (QED) is 0.917. The molecule has 1 N–H and O–H groups in total. The number of hydrogen-bond acceptors (Lipinski definition) is 2. The fraction of sp³-hybridized carbons (Fsp3) is 0.400. The number of nitrogens with zero attached hydrogens (tertiary/aromatic N) is 2. The maximum Gasteiger partial charge on any atom is 0.0596 e. The van der Waals surface area contributed by atoms with E-state index < -0.39 is 0 Å². The molecular weight excluding hydrogens is 304 g/mol. The van der Waals surface area contributed by atoms with Crippen LogP contribution in [-0.2, 0) is 13.0 Å². The Bertz CT molecular complexity index is 534. The summed E-state index contributed by atoms with van der Waals surface area (Å²) in [6.07, 6.45) is 0.812. The molecule has 0 fully saturated rings. The molecule has 1 unspecified atom stereocenters. The highest BCUT2D eigenvalue weighted by Gasteiger charge is 2.14. The monoisotopic (exact) mass is 322 g/mol. The van der Waals surface area contributed by atoms with Gasteiger partial charge in [-0.05, 0) is 44.0 Å². The largest absolute Gasteiger partial charge is 0.396 e. The van der Waals surface area contributed by atoms with Crippen molar-refractivity contribution in [2.75, 3.05) is 6.61 Å². The van der Waals surface area contributed by atoms with Crippen LogP contribution in [0.25, 0.3) is 0 Å². The van der Waals surface area contributed by atoms with E-state index in [9.17, 15) is 5.11 Å². The van der Waals surface area contributed by atoms with Crippen LogP contribution in [0.2, 0.25) is 0 Å². The van der Waals surface area contributed by atoms with Crippen molar-refractivity contribution in [3.63, 3.8) is 0 Å². The van der Waals surface area contributed by atoms with Crippen LogP contribution in [0.4, 0.5) is 0 Å². The summed E-state index contributed by atoms with van der Waals surface area (Å²) in [7, 11) is 0. The van der Waals surface area contributed by atoms with Crippen molar-refractivity contribution in [1.29, 1.82) is 0 Å². The summed E-state index contributed by atoms with van der Waals surface area (Å²) in [4.78, 5) is 0. The zero-order chi connectivity index (χ0) is 13.8. The van der Waals surface area contributed by atoms with Crippen molar-refractivity contribution in [2.45, 2.75) is 32.7 Å². The normalized spacial score (nSPS) is 12.6. The summed E-state index contributed by atoms with van der Waals surface area (Å²) in [5.74, 6) is 0.120. The van der Waals surface area contributed by atoms with Gasteiger partial charge in [0.2, 0.25) is 0 Å². The van der Waals surface area contributed by atoms with Crippen LogP contribution in [0.5, 0.6) is 0 Å². The van der Waals surface area contributed by atoms with E-state index in [1.165, 1.54) is 5.69 Å². The molecule has 0 aliphatic heterocycles. The maximum absolute atomic E-state index is 9.64. The van der Waals surface area contributed by atoms with Gasteiger partial charge in [-0.2, -0.15) is 5.10 Å². The summed E-state index contributed by atoms with van der Waals surface area (Å²) >= 11 is 3.43. The van der Waals surface area contributed by atoms with Crippen LogP contribution < -0.4 is 0 Å². The second-order valence-electron chi connectivity index (χ2n) is 4.73. The molecule has 4 heteroatoms. The third kappa shape index (κ3) is 3.45. The predicted octanol–water partition coefficient (Wildman–Crippen LogP) is 3.29. The topological polar surface area (TPSA) is 38.0 Å². The van der Waals surface area contributed by atoms with Crippen molar-refractivity contribution < 1.29 is 5.11 Å². The Morgan fingerprint density at radius 1 is 1.32 bits per heavy atom. The van der Waals surface area contributed by atoms with Crippen molar-refractivity contribution in [3.05, 3.63) is 51.8 Å². The lowest BCUT2D eigenvalue weighted by Crippen LogP contribution is -2.12. The Hall–Kier alpha value is -1.13. The summed E-state index contributed by atoms with van der Waals surface area (Å²) < 4.78 is 3.07. The fourth-order valence-electron chi connectivity index (χ4n) is 2.31. The molecule has 0 aliphatic carbocycles. The third-order valence-electron chi connectivity index (χ3n) is 3.30. The molecule has 0 saturated carbocycles. The highest BCUT2D eigenvalue weighted by molar-refractivity contribution is 9.10. The zero-order valence-corrected chi connectivity index (χ0v) is 12.9. The number of aryl methyl sites for hydroxylation is 2. The smallest absolute Gasteiger partial charge is 0.0596 e. The Balaban J connectivity index is 2.21. The molecule has 0 saturated heterocycles. The molecule has 19 heavy (non-hydrogen) atoms. The second-order valence-corrected chi connectivity index (χ2v) is 5.64. The van der Waals surface area contributed by atoms with Gasteiger partial charge in [0.05, 0.1) is 12.3 Å². The second kappa shape index (κ2) is 6.35. The van der Waals surface area contributed by atoms with Crippen LogP contribution in [0.3, 0.4) is 0 Å². The summed E-state index contributed by atoms with van der Waals surface area (Å²) in [6.45, 7) is 5.10. The first-order chi connectivity index (χ1) is 9.13. The average molecular weight is 323 g/mol. The summed E-state index contributed by atoms with van der Waals surface area (Å²) in [6, 6.07) is 10.3. The molecule has 2 rings (SSSR count). The van der Waals surface area contributed by atoms with Gasteiger partial charge in [0.25, 0.3) is 0 Å². The lowest BCUT2D eigenvalue weighted by molar-refractivity contribution is 0.262. The number of aliphatic hydroxyl groups is 1. The first kappa shape index (κ1) is 14.3. The van der Waals surface area contributed by atoms with Gasteiger partial charge in [-0.15, -0.1) is 0 Å². The number of hydrogen-bond donors (Lipinski definition) is 1. The van der Waals surface area contributed by atoms with Gasteiger partial charge < -0.3 is 5.11 Å². The van der Waals surface area contributed by atoms with E-state index in [2.05, 4.69) is 46.2 Å². The number of rotatable bonds is 5. The lowest BCUT2D eigenvalue weighted by atomic mass is 9.95. The van der Waals surface area contributed by atoms with E-state index >= 15 is 0 Å². The van der Waals surface area contributed by atoms with E-state index in [0.29, 0.717) is 0 Å². The summed E-state index contributed by atoms with van der Waals surface area (Å²) in [5.41, 5.74) is 3.37. The van der Waals surface area contributed by atoms with E-state index in [1.807, 2.05) is 23.7 Å². The van der Waals surface area contributed by atoms with E-state index in [4.69, 9.17) is 0 Å². The van der Waals surface area contributed by atoms with Gasteiger partial charge in [-0.25, -0.2) is 0 Å². The van der Waals surface area contributed by atoms with Crippen molar-refractivity contribution in [3.8, 4) is 0 Å². The number of aromatic nitrogens is 2. The number of benzene rings is 1. The standard InChI is InChI=1S/C15H19BrN2O/c1-3-18-15(8-11(2)17-18)9-13(10-19)12-4-6-14(16)7-5-12/h4-8,13,19H,3,9-10H2,1-2H3. The molecule has 0 aliphatic rings. The molecular formula is C15H19BrN2O. The predicted molar refractivity (Wildman–Crippen MR) is 80.3 cm³/mol. The zero-order valence-electron chi connectivity index (χ0n) is 11.3. The molecule has 0 spiro atoms. The van der Waals surface area contributed by atoms with Crippen LogP contribution in [0.1, 0.15) is 29.8 Å². The Morgan fingerprint density at radius 2 is 2.00 bits per heavy atom. The molecule has 0 amide bonds. The first-order valence-electron chi connectivity index (χ1n) is 6.53. The van der Waals surface area contributed by atoms with E-state index in [-0.39, 0.29) is 12.5 Å². The van der Waals surface area contributed by atoms with Crippen LogP contribution in [0.15, 0.2) is 34.8 Å². The molecule has 102 valence electrons. The third-order valence-corrected chi connectivity index (χ3v) is 3.83. The Morgan fingerprint density at radius 3 is 2.58 bits per heavy atom. The van der Waals surface area contributed by atoms with E-state index in [1.54, 1.807) is 0 Å². The molecule has 1 heterocycles. The molecule has 1 atom stereocenters. The minimum absolute atomic E-state index is 0.120. The number of halogens is 1. The maximum atomic E-state index is 9.64. The van der Waals surface area contributed by atoms with E-state index in [0.717, 1.165) is 28.7 Å². The van der Waals surface area contributed by atoms with Gasteiger partial charge in [-0.3, -0.25) is 4.68 Å². The molecule has 1 aromatic heterocycles. The minimum atomic E-state index is 0.120. The van der Waals surface area contributed by atoms with Gasteiger partial charge in [-0.1, -0.05) is 28.1 Å². The molecule has 0 bridgehead atoms. The van der Waals surface area contributed by atoms with Crippen molar-refractivity contribution in [1.82, 2.24) is 9.78 Å². The van der Waals surface area contributed by atoms with Crippen LogP contribution >= 0.6 is 15.9 Å². The first-order valence-corrected chi connectivity index (χ1v) is 7.33. The van der Waals surface area contributed by atoms with Gasteiger partial charge in [0, 0.05) is 22.6 Å². The van der Waals surface area contributed by atoms with Crippen LogP contribution in [-0.4, -0.2) is 21.5 Å². The Labute approximate surface area is 122 Å². The minimum Gasteiger partial charge on any atom is -0.396 e. The van der Waals surface area contributed by atoms with Crippen molar-refractivity contribution in [2.24, 2.45) is 0 Å². The van der Waals surface area contributed by atoms with Gasteiger partial charge >= 0.3 is 0 Å². The average Bonchev–Trinajstić information content (AvgIpc) is 2.77. The number of aliphatic hydroxyl groups excluding tert-OH is 1.